The third-order valence-corrected chi connectivity index (χ3v) is 4.70. The molecule has 2 aromatic carbocycles. The number of fused-ring (bicyclic) bond motifs is 1. The lowest BCUT2D eigenvalue weighted by Gasteiger charge is -2.12. The topological polar surface area (TPSA) is 42.4 Å². The standard InChI is InChI=1S/C19H17FN2O2S/c1-22(12-18-21-15-5-3-4-6-17(15)25-18)19(23)10-8-13-7-9-16(24-2)14(20)11-13/h3-11H,12H2,1-2H3/b10-8+. The molecule has 0 saturated carbocycles. The summed E-state index contributed by atoms with van der Waals surface area (Å²) in [7, 11) is 3.13. The fourth-order valence-corrected chi connectivity index (χ4v) is 3.37. The molecule has 0 aliphatic carbocycles. The molecule has 0 saturated heterocycles. The lowest BCUT2D eigenvalue weighted by atomic mass is 10.2. The van der Waals surface area contributed by atoms with Gasteiger partial charge in [-0.25, -0.2) is 9.37 Å². The van der Waals surface area contributed by atoms with Crippen LogP contribution in [-0.4, -0.2) is 29.9 Å². The summed E-state index contributed by atoms with van der Waals surface area (Å²) in [6.45, 7) is 0.430. The maximum Gasteiger partial charge on any atom is 0.246 e. The number of carbonyl (C=O) groups excluding carboxylic acids is 1. The molecule has 128 valence electrons. The first-order chi connectivity index (χ1) is 12.1. The molecule has 1 aromatic heterocycles. The highest BCUT2D eigenvalue weighted by molar-refractivity contribution is 7.18. The summed E-state index contributed by atoms with van der Waals surface area (Å²) < 4.78 is 19.6. The number of methoxy groups -OCH3 is 1. The number of amides is 1. The van der Waals surface area contributed by atoms with Crippen LogP contribution >= 0.6 is 11.3 Å². The summed E-state index contributed by atoms with van der Waals surface area (Å²) in [5.41, 5.74) is 1.53. The van der Waals surface area contributed by atoms with Crippen LogP contribution in [0.1, 0.15) is 10.6 Å². The van der Waals surface area contributed by atoms with E-state index in [1.807, 2.05) is 24.3 Å². The Labute approximate surface area is 149 Å². The van der Waals surface area contributed by atoms with Gasteiger partial charge in [0.1, 0.15) is 5.01 Å². The van der Waals surface area contributed by atoms with Crippen LogP contribution in [0.4, 0.5) is 4.39 Å². The van der Waals surface area contributed by atoms with Crippen molar-refractivity contribution in [1.29, 1.82) is 0 Å². The number of hydrogen-bond donors (Lipinski definition) is 0. The van der Waals surface area contributed by atoms with E-state index in [4.69, 9.17) is 4.74 Å². The van der Waals surface area contributed by atoms with Crippen molar-refractivity contribution in [3.05, 3.63) is 64.9 Å². The Morgan fingerprint density at radius 1 is 1.32 bits per heavy atom. The van der Waals surface area contributed by atoms with Gasteiger partial charge in [-0.15, -0.1) is 11.3 Å². The van der Waals surface area contributed by atoms with Crippen molar-refractivity contribution in [2.24, 2.45) is 0 Å². The normalized spacial score (nSPS) is 11.2. The minimum absolute atomic E-state index is 0.171. The minimum atomic E-state index is -0.458. The summed E-state index contributed by atoms with van der Waals surface area (Å²) in [6.07, 6.45) is 3.01. The molecule has 0 aliphatic heterocycles. The first-order valence-corrected chi connectivity index (χ1v) is 8.49. The van der Waals surface area contributed by atoms with E-state index in [9.17, 15) is 9.18 Å². The smallest absolute Gasteiger partial charge is 0.246 e. The molecule has 0 unspecified atom stereocenters. The number of benzene rings is 2. The highest BCUT2D eigenvalue weighted by atomic mass is 32.1. The monoisotopic (exact) mass is 356 g/mol. The predicted molar refractivity (Wildman–Crippen MR) is 98.1 cm³/mol. The fourth-order valence-electron chi connectivity index (χ4n) is 2.35. The average molecular weight is 356 g/mol. The van der Waals surface area contributed by atoms with Crippen molar-refractivity contribution in [3.63, 3.8) is 0 Å². The molecule has 0 aliphatic rings. The van der Waals surface area contributed by atoms with Crippen molar-refractivity contribution < 1.29 is 13.9 Å². The molecule has 4 nitrogen and oxygen atoms in total. The molecular formula is C19H17FN2O2S. The van der Waals surface area contributed by atoms with Gasteiger partial charge in [0.25, 0.3) is 0 Å². The van der Waals surface area contributed by atoms with Gasteiger partial charge in [0, 0.05) is 13.1 Å². The minimum Gasteiger partial charge on any atom is -0.494 e. The second kappa shape index (κ2) is 7.44. The molecule has 0 radical (unpaired) electrons. The van der Waals surface area contributed by atoms with E-state index in [1.54, 1.807) is 35.4 Å². The van der Waals surface area contributed by atoms with Gasteiger partial charge in [-0.2, -0.15) is 0 Å². The Bertz CT molecular complexity index is 903. The van der Waals surface area contributed by atoms with Gasteiger partial charge >= 0.3 is 0 Å². The third kappa shape index (κ3) is 4.03. The van der Waals surface area contributed by atoms with Crippen molar-refractivity contribution in [2.75, 3.05) is 14.2 Å². The number of ether oxygens (including phenoxy) is 1. The van der Waals surface area contributed by atoms with Crippen molar-refractivity contribution in [1.82, 2.24) is 9.88 Å². The third-order valence-electron chi connectivity index (χ3n) is 3.68. The number of hydrogen-bond acceptors (Lipinski definition) is 4. The summed E-state index contributed by atoms with van der Waals surface area (Å²) in [5.74, 6) is -0.452. The lowest BCUT2D eigenvalue weighted by molar-refractivity contribution is -0.125. The Hall–Kier alpha value is -2.73. The van der Waals surface area contributed by atoms with Crippen molar-refractivity contribution in [3.8, 4) is 5.75 Å². The van der Waals surface area contributed by atoms with E-state index < -0.39 is 5.82 Å². The highest BCUT2D eigenvalue weighted by Gasteiger charge is 2.10. The molecule has 6 heteroatoms. The molecule has 3 aromatic rings. The number of aromatic nitrogens is 1. The van der Waals surface area contributed by atoms with Gasteiger partial charge in [-0.1, -0.05) is 18.2 Å². The zero-order chi connectivity index (χ0) is 17.8. The molecule has 1 amide bonds. The Morgan fingerprint density at radius 3 is 2.84 bits per heavy atom. The second-order valence-corrected chi connectivity index (χ2v) is 6.61. The number of rotatable bonds is 5. The zero-order valence-corrected chi connectivity index (χ0v) is 14.7. The maximum atomic E-state index is 13.7. The largest absolute Gasteiger partial charge is 0.494 e. The molecule has 0 spiro atoms. The molecule has 25 heavy (non-hydrogen) atoms. The van der Waals surface area contributed by atoms with Crippen LogP contribution in [0.25, 0.3) is 16.3 Å². The Morgan fingerprint density at radius 2 is 2.12 bits per heavy atom. The fraction of sp³-hybridized carbons (Fsp3) is 0.158. The van der Waals surface area contributed by atoms with Crippen LogP contribution in [0.3, 0.4) is 0 Å². The number of para-hydroxylation sites is 1. The summed E-state index contributed by atoms with van der Waals surface area (Å²) in [5, 5.41) is 0.876. The quantitative estimate of drug-likeness (QED) is 0.646. The Kier molecular flexibility index (Phi) is 5.09. The van der Waals surface area contributed by atoms with Gasteiger partial charge in [-0.05, 0) is 35.9 Å². The van der Waals surface area contributed by atoms with Gasteiger partial charge < -0.3 is 9.64 Å². The lowest BCUT2D eigenvalue weighted by Crippen LogP contribution is -2.23. The van der Waals surface area contributed by atoms with Crippen molar-refractivity contribution in [2.45, 2.75) is 6.54 Å². The highest BCUT2D eigenvalue weighted by Crippen LogP contribution is 2.22. The van der Waals surface area contributed by atoms with Crippen LogP contribution in [0.5, 0.6) is 5.75 Å². The van der Waals surface area contributed by atoms with Crippen LogP contribution in [0.2, 0.25) is 0 Å². The molecule has 3 rings (SSSR count). The van der Waals surface area contributed by atoms with Crippen LogP contribution in [-0.2, 0) is 11.3 Å². The van der Waals surface area contributed by atoms with Crippen LogP contribution < -0.4 is 4.74 Å². The second-order valence-electron chi connectivity index (χ2n) is 5.50. The van der Waals surface area contributed by atoms with E-state index in [-0.39, 0.29) is 11.7 Å². The van der Waals surface area contributed by atoms with E-state index in [1.165, 1.54) is 25.3 Å². The van der Waals surface area contributed by atoms with Crippen molar-refractivity contribution >= 4 is 33.5 Å². The number of likely N-dealkylation sites (N-methyl/N-ethyl adjacent to an activating group) is 1. The summed E-state index contributed by atoms with van der Waals surface area (Å²) in [6, 6.07) is 12.4. The summed E-state index contributed by atoms with van der Waals surface area (Å²) in [4.78, 5) is 18.3. The molecule has 0 bridgehead atoms. The van der Waals surface area contributed by atoms with Crippen LogP contribution in [0.15, 0.2) is 48.5 Å². The Balaban J connectivity index is 1.66. The van der Waals surface area contributed by atoms with E-state index in [0.717, 1.165) is 15.2 Å². The average Bonchev–Trinajstić information content (AvgIpc) is 3.01. The first-order valence-electron chi connectivity index (χ1n) is 7.68. The van der Waals surface area contributed by atoms with Gasteiger partial charge in [0.2, 0.25) is 5.91 Å². The SMILES string of the molecule is COc1ccc(/C=C/C(=O)N(C)Cc2nc3ccccc3s2)cc1F. The van der Waals surface area contributed by atoms with E-state index in [2.05, 4.69) is 4.98 Å². The first kappa shape index (κ1) is 17.1. The molecule has 0 fully saturated rings. The predicted octanol–water partition coefficient (Wildman–Crippen LogP) is 4.12. The molecule has 0 N–H and O–H groups in total. The summed E-state index contributed by atoms with van der Waals surface area (Å²) >= 11 is 1.57. The van der Waals surface area contributed by atoms with Gasteiger partial charge in [0.05, 0.1) is 23.9 Å². The number of thiazole rings is 1. The van der Waals surface area contributed by atoms with Crippen LogP contribution in [0, 0.1) is 5.82 Å². The molecule has 0 atom stereocenters. The molecular weight excluding hydrogens is 339 g/mol. The number of halogens is 1. The zero-order valence-electron chi connectivity index (χ0n) is 13.9. The maximum absolute atomic E-state index is 13.7. The van der Waals surface area contributed by atoms with E-state index in [0.29, 0.717) is 12.1 Å². The number of carbonyl (C=O) groups is 1. The van der Waals surface area contributed by atoms with E-state index >= 15 is 0 Å². The number of nitrogens with zero attached hydrogens (tertiary/aromatic N) is 2. The van der Waals surface area contributed by atoms with Gasteiger partial charge in [0.15, 0.2) is 11.6 Å². The van der Waals surface area contributed by atoms with Gasteiger partial charge in [-0.3, -0.25) is 4.79 Å². The molecule has 1 heterocycles.